The molecule has 2 aliphatic heterocycles. The number of rotatable bonds is 10. The number of carbonyl (C=O) groups is 2. The van der Waals surface area contributed by atoms with Crippen molar-refractivity contribution in [3.63, 3.8) is 0 Å². The van der Waals surface area contributed by atoms with Gasteiger partial charge in [-0.1, -0.05) is 49.4 Å². The Morgan fingerprint density at radius 1 is 1.10 bits per heavy atom. The number of hydrogen-bond acceptors (Lipinski definition) is 7. The third kappa shape index (κ3) is 6.93. The number of piperidine rings is 1. The molecule has 10 heteroatoms. The van der Waals surface area contributed by atoms with Crippen LogP contribution in [0.15, 0.2) is 65.0 Å². The molecule has 1 atom stereocenters. The van der Waals surface area contributed by atoms with Gasteiger partial charge < -0.3 is 20.3 Å². The topological polar surface area (TPSA) is 101 Å². The molecule has 5 rings (SSSR count). The van der Waals surface area contributed by atoms with Crippen LogP contribution in [0.5, 0.6) is 5.75 Å². The molecule has 2 aromatic carbocycles. The van der Waals surface area contributed by atoms with Crippen LogP contribution in [0.4, 0.5) is 11.6 Å². The van der Waals surface area contributed by atoms with Gasteiger partial charge in [-0.2, -0.15) is 4.98 Å². The van der Waals surface area contributed by atoms with Crippen molar-refractivity contribution in [1.29, 1.82) is 0 Å². The van der Waals surface area contributed by atoms with E-state index in [0.717, 1.165) is 67.0 Å². The number of ether oxygens (including phenoxy) is 1. The second-order valence-corrected chi connectivity index (χ2v) is 11.6. The third-order valence-corrected chi connectivity index (χ3v) is 8.27. The minimum atomic E-state index is -0.492. The van der Waals surface area contributed by atoms with Crippen LogP contribution < -0.4 is 15.4 Å². The molecule has 2 N–H and O–H groups in total. The Hall–Kier alpha value is -3.79. The Balaban J connectivity index is 1.40. The monoisotopic (exact) mass is 574 g/mol. The maximum Gasteiger partial charge on any atom is 0.260 e. The summed E-state index contributed by atoms with van der Waals surface area (Å²) in [7, 11) is 0. The number of hydrogen-bond donors (Lipinski definition) is 2. The fraction of sp³-hybridized carbons (Fsp3) is 0.419. The summed E-state index contributed by atoms with van der Waals surface area (Å²) >= 11 is 1.62. The first-order valence-corrected chi connectivity index (χ1v) is 15.4. The molecule has 3 heterocycles. The number of nitrogens with zero attached hydrogens (tertiary/aromatic N) is 4. The van der Waals surface area contributed by atoms with Gasteiger partial charge in [0.15, 0.2) is 6.61 Å². The molecule has 0 saturated carbocycles. The molecular formula is C31H38N6O3S. The molecule has 41 heavy (non-hydrogen) atoms. The van der Waals surface area contributed by atoms with Crippen molar-refractivity contribution in [2.45, 2.75) is 64.1 Å². The Bertz CT molecular complexity index is 1410. The number of aromatic nitrogens is 3. The third-order valence-electron chi connectivity index (χ3n) is 7.35. The van der Waals surface area contributed by atoms with Crippen molar-refractivity contribution >= 4 is 35.2 Å². The average molecular weight is 575 g/mol. The van der Waals surface area contributed by atoms with Gasteiger partial charge in [-0.25, -0.2) is 4.68 Å². The molecule has 1 unspecified atom stereocenters. The summed E-state index contributed by atoms with van der Waals surface area (Å²) in [6, 6.07) is 14.8. The molecule has 2 aliphatic rings. The number of likely N-dealkylation sites (tertiary alicyclic amines) is 1. The lowest BCUT2D eigenvalue weighted by Crippen LogP contribution is -2.38. The van der Waals surface area contributed by atoms with Crippen molar-refractivity contribution < 1.29 is 14.3 Å². The second kappa shape index (κ2) is 13.2. The summed E-state index contributed by atoms with van der Waals surface area (Å²) in [6.07, 6.45) is 5.45. The number of allylic oxidation sites excluding steroid dienone is 1. The molecule has 0 aliphatic carbocycles. The largest absolute Gasteiger partial charge is 0.484 e. The average Bonchev–Trinajstić information content (AvgIpc) is 3.38. The van der Waals surface area contributed by atoms with E-state index >= 15 is 0 Å². The minimum Gasteiger partial charge on any atom is -0.484 e. The first kappa shape index (κ1) is 28.7. The quantitative estimate of drug-likeness (QED) is 0.233. The van der Waals surface area contributed by atoms with Gasteiger partial charge in [-0.3, -0.25) is 9.59 Å². The number of anilines is 2. The summed E-state index contributed by atoms with van der Waals surface area (Å²) in [5.74, 6) is 1.95. The highest BCUT2D eigenvalue weighted by atomic mass is 32.2. The van der Waals surface area contributed by atoms with E-state index in [9.17, 15) is 9.59 Å². The van der Waals surface area contributed by atoms with E-state index in [1.54, 1.807) is 16.4 Å². The molecule has 216 valence electrons. The molecule has 1 saturated heterocycles. The number of carbonyl (C=O) groups excluding carboxylic acids is 2. The number of nitrogens with one attached hydrogen (secondary N) is 2. The summed E-state index contributed by atoms with van der Waals surface area (Å²) in [6.45, 7) is 7.66. The van der Waals surface area contributed by atoms with Gasteiger partial charge in [0.05, 0.1) is 5.57 Å². The predicted molar refractivity (Wildman–Crippen MR) is 162 cm³/mol. The van der Waals surface area contributed by atoms with E-state index in [2.05, 4.69) is 17.6 Å². The number of thioether (sulfide) groups is 1. The lowest BCUT2D eigenvalue weighted by molar-refractivity contribution is -0.134. The van der Waals surface area contributed by atoms with Crippen molar-refractivity contribution in [1.82, 2.24) is 19.7 Å². The van der Waals surface area contributed by atoms with E-state index in [1.165, 1.54) is 6.42 Å². The normalized spacial score (nSPS) is 16.7. The summed E-state index contributed by atoms with van der Waals surface area (Å²) in [4.78, 5) is 32.9. The standard InChI is InChI=1S/C31H38N6O3S/c1-4-5-18-41-31-34-30-32-22(3)27(29(39)33-24-11-9-10-21(2)19-24)28(37(30)35-31)23-12-14-25(15-13-23)40-20-26(38)36-16-7-6-8-17-36/h9-15,19,28H,4-8,16-18,20H2,1-3H3,(H,33,39)(H,32,34,35). The summed E-state index contributed by atoms with van der Waals surface area (Å²) in [5.41, 5.74) is 3.94. The molecule has 2 amide bonds. The Kier molecular flexibility index (Phi) is 9.28. The number of amides is 2. The summed E-state index contributed by atoms with van der Waals surface area (Å²) in [5, 5.41) is 11.9. The zero-order chi connectivity index (χ0) is 28.8. The highest BCUT2D eigenvalue weighted by Crippen LogP contribution is 2.37. The van der Waals surface area contributed by atoms with Crippen LogP contribution in [0, 0.1) is 6.92 Å². The van der Waals surface area contributed by atoms with Gasteiger partial charge in [0.1, 0.15) is 11.8 Å². The Labute approximate surface area is 245 Å². The van der Waals surface area contributed by atoms with Crippen molar-refractivity contribution in [3.05, 3.63) is 70.9 Å². The lowest BCUT2D eigenvalue weighted by atomic mass is 9.95. The highest BCUT2D eigenvalue weighted by molar-refractivity contribution is 7.99. The number of fused-ring (bicyclic) bond motifs is 1. The van der Waals surface area contributed by atoms with Gasteiger partial charge in [-0.15, -0.1) is 5.10 Å². The Morgan fingerprint density at radius 3 is 2.61 bits per heavy atom. The van der Waals surface area contributed by atoms with E-state index in [4.69, 9.17) is 14.8 Å². The van der Waals surface area contributed by atoms with E-state index in [-0.39, 0.29) is 18.4 Å². The number of unbranched alkanes of at least 4 members (excludes halogenated alkanes) is 1. The fourth-order valence-corrected chi connectivity index (χ4v) is 6.06. The molecule has 0 bridgehead atoms. The SMILES string of the molecule is CCCCSc1nc2n(n1)C(c1ccc(OCC(=O)N3CCCCC3)cc1)C(C(=O)Nc1cccc(C)c1)=C(C)N2. The zero-order valence-electron chi connectivity index (χ0n) is 24.0. The molecule has 0 radical (unpaired) electrons. The van der Waals surface area contributed by atoms with Crippen molar-refractivity contribution in [2.75, 3.05) is 36.1 Å². The van der Waals surface area contributed by atoms with Gasteiger partial charge in [0.2, 0.25) is 11.1 Å². The van der Waals surface area contributed by atoms with E-state index in [0.29, 0.717) is 22.4 Å². The van der Waals surface area contributed by atoms with Gasteiger partial charge in [0.25, 0.3) is 11.8 Å². The van der Waals surface area contributed by atoms with Crippen LogP contribution in [0.2, 0.25) is 0 Å². The maximum absolute atomic E-state index is 13.8. The van der Waals surface area contributed by atoms with Crippen LogP contribution in [0.1, 0.15) is 63.1 Å². The molecule has 1 aromatic heterocycles. The Morgan fingerprint density at radius 2 is 1.88 bits per heavy atom. The van der Waals surface area contributed by atoms with Gasteiger partial charge in [0, 0.05) is 30.2 Å². The molecule has 0 spiro atoms. The number of benzene rings is 2. The minimum absolute atomic E-state index is 0.0150. The van der Waals surface area contributed by atoms with Crippen LogP contribution in [0.3, 0.4) is 0 Å². The van der Waals surface area contributed by atoms with Crippen molar-refractivity contribution in [2.24, 2.45) is 0 Å². The van der Waals surface area contributed by atoms with Crippen molar-refractivity contribution in [3.8, 4) is 5.75 Å². The molecular weight excluding hydrogens is 536 g/mol. The molecule has 3 aromatic rings. The smallest absolute Gasteiger partial charge is 0.260 e. The van der Waals surface area contributed by atoms with Gasteiger partial charge >= 0.3 is 0 Å². The van der Waals surface area contributed by atoms with Crippen LogP contribution in [-0.4, -0.2) is 56.9 Å². The summed E-state index contributed by atoms with van der Waals surface area (Å²) < 4.78 is 7.64. The highest BCUT2D eigenvalue weighted by Gasteiger charge is 2.34. The van der Waals surface area contributed by atoms with Crippen LogP contribution in [-0.2, 0) is 9.59 Å². The van der Waals surface area contributed by atoms with Crippen LogP contribution in [0.25, 0.3) is 0 Å². The first-order valence-electron chi connectivity index (χ1n) is 14.4. The zero-order valence-corrected chi connectivity index (χ0v) is 24.8. The van der Waals surface area contributed by atoms with E-state index < -0.39 is 6.04 Å². The van der Waals surface area contributed by atoms with Gasteiger partial charge in [-0.05, 0) is 74.9 Å². The second-order valence-electron chi connectivity index (χ2n) is 10.6. The van der Waals surface area contributed by atoms with Crippen LogP contribution >= 0.6 is 11.8 Å². The number of aryl methyl sites for hydroxylation is 1. The maximum atomic E-state index is 13.8. The lowest BCUT2D eigenvalue weighted by Gasteiger charge is -2.29. The predicted octanol–water partition coefficient (Wildman–Crippen LogP) is 5.80. The molecule has 1 fully saturated rings. The fourth-order valence-electron chi connectivity index (χ4n) is 5.15. The van der Waals surface area contributed by atoms with E-state index in [1.807, 2.05) is 67.3 Å². The first-order chi connectivity index (χ1) is 19.9. The molecule has 9 nitrogen and oxygen atoms in total.